The monoisotopic (exact) mass is 235 g/mol. The molecule has 1 N–H and O–H groups in total. The van der Waals surface area contributed by atoms with Crippen LogP contribution in [0.5, 0.6) is 0 Å². The van der Waals surface area contributed by atoms with E-state index in [1.54, 1.807) is 7.05 Å². The minimum absolute atomic E-state index is 0.557. The summed E-state index contributed by atoms with van der Waals surface area (Å²) >= 11 is 0. The van der Waals surface area contributed by atoms with E-state index >= 15 is 0 Å². The molecule has 17 heavy (non-hydrogen) atoms. The molecule has 0 aliphatic heterocycles. The number of rotatable bonds is 6. The predicted octanol–water partition coefficient (Wildman–Crippen LogP) is -0.0455. The molecule has 0 fully saturated rings. The number of nitrogens with zero attached hydrogens (tertiary/aromatic N) is 6. The molecule has 0 radical (unpaired) electrons. The fraction of sp³-hybridized carbons (Fsp3) is 0.600. The van der Waals surface area contributed by atoms with Crippen LogP contribution < -0.4 is 5.32 Å². The first-order chi connectivity index (χ1) is 8.28. The third-order valence-corrected chi connectivity index (χ3v) is 2.30. The highest BCUT2D eigenvalue weighted by molar-refractivity contribution is 5.04. The smallest absolute Gasteiger partial charge is 0.196 e. The first kappa shape index (κ1) is 11.7. The quantitative estimate of drug-likeness (QED) is 0.711. The van der Waals surface area contributed by atoms with Crippen molar-refractivity contribution in [2.24, 2.45) is 7.05 Å². The zero-order valence-corrected chi connectivity index (χ0v) is 10.2. The lowest BCUT2D eigenvalue weighted by Crippen LogP contribution is -2.13. The Balaban J connectivity index is 1.89. The van der Waals surface area contributed by atoms with Crippen molar-refractivity contribution in [2.75, 3.05) is 6.54 Å². The van der Waals surface area contributed by atoms with Crippen LogP contribution in [-0.2, 0) is 20.1 Å². The van der Waals surface area contributed by atoms with Gasteiger partial charge in [-0.05, 0) is 18.2 Å². The molecule has 0 saturated heterocycles. The van der Waals surface area contributed by atoms with Crippen LogP contribution in [0.25, 0.3) is 0 Å². The van der Waals surface area contributed by atoms with Crippen molar-refractivity contribution < 1.29 is 0 Å². The van der Waals surface area contributed by atoms with Crippen LogP contribution in [0.2, 0.25) is 0 Å². The van der Waals surface area contributed by atoms with Gasteiger partial charge in [0.1, 0.15) is 6.54 Å². The summed E-state index contributed by atoms with van der Waals surface area (Å²) < 4.78 is 1.82. The van der Waals surface area contributed by atoms with Gasteiger partial charge in [-0.25, -0.2) is 0 Å². The molecular weight excluding hydrogens is 218 g/mol. The van der Waals surface area contributed by atoms with Gasteiger partial charge in [-0.2, -0.15) is 9.90 Å². The molecule has 0 aromatic carbocycles. The second-order valence-corrected chi connectivity index (χ2v) is 3.92. The van der Waals surface area contributed by atoms with Gasteiger partial charge in [0.2, 0.25) is 0 Å². The lowest BCUT2D eigenvalue weighted by atomic mass is 10.3. The third-order valence-electron chi connectivity index (χ3n) is 2.30. The molecule has 0 aliphatic carbocycles. The fourth-order valence-corrected chi connectivity index (χ4v) is 1.53. The number of nitrogens with one attached hydrogen (secondary N) is 1. The summed E-state index contributed by atoms with van der Waals surface area (Å²) in [6.45, 7) is 4.58. The van der Waals surface area contributed by atoms with Crippen LogP contribution in [0, 0.1) is 0 Å². The standard InChI is InChI=1S/C10H17N7/c1-3-4-11-5-9-6-12-17(7-9)8-10-13-15-16(2)14-10/h6-7,11H,3-5,8H2,1-2H3. The molecule has 2 heterocycles. The van der Waals surface area contributed by atoms with Crippen LogP contribution in [-0.4, -0.2) is 36.5 Å². The number of aryl methyl sites for hydroxylation is 1. The van der Waals surface area contributed by atoms with Gasteiger partial charge in [0, 0.05) is 18.3 Å². The molecule has 0 saturated carbocycles. The maximum Gasteiger partial charge on any atom is 0.196 e. The number of tetrazole rings is 1. The Labute approximate surface area is 99.8 Å². The maximum atomic E-state index is 4.26. The van der Waals surface area contributed by atoms with Crippen molar-refractivity contribution in [1.82, 2.24) is 35.3 Å². The molecule has 92 valence electrons. The Bertz CT molecular complexity index is 459. The van der Waals surface area contributed by atoms with Crippen molar-refractivity contribution in [3.63, 3.8) is 0 Å². The Kier molecular flexibility index (Phi) is 3.81. The van der Waals surface area contributed by atoms with Gasteiger partial charge in [-0.1, -0.05) is 6.92 Å². The minimum Gasteiger partial charge on any atom is -0.313 e. The van der Waals surface area contributed by atoms with E-state index in [0.717, 1.165) is 19.5 Å². The molecule has 0 aliphatic rings. The van der Waals surface area contributed by atoms with Gasteiger partial charge in [-0.15, -0.1) is 10.2 Å². The van der Waals surface area contributed by atoms with Crippen molar-refractivity contribution in [3.05, 3.63) is 23.8 Å². The first-order valence-corrected chi connectivity index (χ1v) is 5.73. The lowest BCUT2D eigenvalue weighted by Gasteiger charge is -1.98. The lowest BCUT2D eigenvalue weighted by molar-refractivity contribution is 0.617. The van der Waals surface area contributed by atoms with E-state index in [1.165, 1.54) is 10.4 Å². The van der Waals surface area contributed by atoms with E-state index in [-0.39, 0.29) is 0 Å². The van der Waals surface area contributed by atoms with Gasteiger partial charge >= 0.3 is 0 Å². The molecule has 0 atom stereocenters. The minimum atomic E-state index is 0.557. The Morgan fingerprint density at radius 2 is 2.29 bits per heavy atom. The summed E-state index contributed by atoms with van der Waals surface area (Å²) in [6, 6.07) is 0. The van der Waals surface area contributed by atoms with Crippen LogP contribution in [0.3, 0.4) is 0 Å². The van der Waals surface area contributed by atoms with Crippen LogP contribution in [0.1, 0.15) is 24.7 Å². The van der Waals surface area contributed by atoms with Gasteiger partial charge in [-0.3, -0.25) is 4.68 Å². The van der Waals surface area contributed by atoms with E-state index in [9.17, 15) is 0 Å². The molecule has 7 nitrogen and oxygen atoms in total. The van der Waals surface area contributed by atoms with E-state index in [0.29, 0.717) is 12.4 Å². The molecule has 2 aromatic heterocycles. The summed E-state index contributed by atoms with van der Waals surface area (Å²) in [7, 11) is 1.75. The van der Waals surface area contributed by atoms with Crippen molar-refractivity contribution in [3.8, 4) is 0 Å². The normalized spacial score (nSPS) is 10.9. The van der Waals surface area contributed by atoms with E-state index < -0.39 is 0 Å². The molecule has 0 spiro atoms. The van der Waals surface area contributed by atoms with Gasteiger partial charge in [0.25, 0.3) is 0 Å². The molecule has 0 unspecified atom stereocenters. The molecule has 2 rings (SSSR count). The molecule has 0 bridgehead atoms. The van der Waals surface area contributed by atoms with Crippen LogP contribution in [0.15, 0.2) is 12.4 Å². The molecule has 7 heteroatoms. The predicted molar refractivity (Wildman–Crippen MR) is 62.1 cm³/mol. The highest BCUT2D eigenvalue weighted by atomic mass is 15.6. The zero-order chi connectivity index (χ0) is 12.1. The van der Waals surface area contributed by atoms with Crippen molar-refractivity contribution >= 4 is 0 Å². The summed E-state index contributed by atoms with van der Waals surface area (Å²) in [6.07, 6.45) is 5.00. The highest BCUT2D eigenvalue weighted by Crippen LogP contribution is 1.99. The summed E-state index contributed by atoms with van der Waals surface area (Å²) in [5, 5.41) is 19.4. The summed E-state index contributed by atoms with van der Waals surface area (Å²) in [4.78, 5) is 1.45. The Hall–Kier alpha value is -1.76. The summed E-state index contributed by atoms with van der Waals surface area (Å²) in [5.74, 6) is 0.670. The Morgan fingerprint density at radius 1 is 1.41 bits per heavy atom. The van der Waals surface area contributed by atoms with Gasteiger partial charge < -0.3 is 5.32 Å². The van der Waals surface area contributed by atoms with Crippen LogP contribution >= 0.6 is 0 Å². The number of hydrogen-bond donors (Lipinski definition) is 1. The average molecular weight is 235 g/mol. The van der Waals surface area contributed by atoms with Crippen molar-refractivity contribution in [2.45, 2.75) is 26.4 Å². The first-order valence-electron chi connectivity index (χ1n) is 5.73. The van der Waals surface area contributed by atoms with Crippen molar-refractivity contribution in [1.29, 1.82) is 0 Å². The SMILES string of the molecule is CCCNCc1cnn(Cc2nnn(C)n2)c1. The largest absolute Gasteiger partial charge is 0.313 e. The van der Waals surface area contributed by atoms with Gasteiger partial charge in [0.05, 0.1) is 13.2 Å². The summed E-state index contributed by atoms with van der Waals surface area (Å²) in [5.41, 5.74) is 1.17. The topological polar surface area (TPSA) is 73.5 Å². The third kappa shape index (κ3) is 3.35. The Morgan fingerprint density at radius 3 is 3.00 bits per heavy atom. The van der Waals surface area contributed by atoms with Gasteiger partial charge in [0.15, 0.2) is 5.82 Å². The highest BCUT2D eigenvalue weighted by Gasteiger charge is 2.03. The van der Waals surface area contributed by atoms with E-state index in [4.69, 9.17) is 0 Å². The second-order valence-electron chi connectivity index (χ2n) is 3.92. The fourth-order valence-electron chi connectivity index (χ4n) is 1.53. The second kappa shape index (κ2) is 5.53. The van der Waals surface area contributed by atoms with Crippen LogP contribution in [0.4, 0.5) is 0 Å². The number of aromatic nitrogens is 6. The molecule has 2 aromatic rings. The molecular formula is C10H17N7. The van der Waals surface area contributed by atoms with E-state index in [1.807, 2.05) is 17.1 Å². The average Bonchev–Trinajstić information content (AvgIpc) is 2.90. The maximum absolute atomic E-state index is 4.26. The number of hydrogen-bond acceptors (Lipinski definition) is 5. The van der Waals surface area contributed by atoms with E-state index in [2.05, 4.69) is 32.7 Å². The zero-order valence-electron chi connectivity index (χ0n) is 10.2. The molecule has 0 amide bonds.